The number of halogens is 3. The first-order chi connectivity index (χ1) is 11.9. The second kappa shape index (κ2) is 6.34. The Balaban J connectivity index is 1.94. The number of alkyl halides is 3. The van der Waals surface area contributed by atoms with Crippen LogP contribution in [0.1, 0.15) is 5.56 Å². The van der Waals surface area contributed by atoms with E-state index in [0.29, 0.717) is 11.3 Å². The highest BCUT2D eigenvalue weighted by atomic mass is 19.4. The van der Waals surface area contributed by atoms with Crippen LogP contribution in [0.2, 0.25) is 0 Å². The summed E-state index contributed by atoms with van der Waals surface area (Å²) in [6, 6.07) is 4.04. The summed E-state index contributed by atoms with van der Waals surface area (Å²) in [4.78, 5) is 25.4. The molecule has 0 fully saturated rings. The van der Waals surface area contributed by atoms with Crippen LogP contribution in [0, 0.1) is 0 Å². The van der Waals surface area contributed by atoms with Crippen molar-refractivity contribution in [2.24, 2.45) is 0 Å². The minimum absolute atomic E-state index is 0.193. The zero-order chi connectivity index (χ0) is 18.0. The third-order valence-corrected chi connectivity index (χ3v) is 3.51. The number of carbonyl (C=O) groups excluding carboxylic acids is 1. The van der Waals surface area contributed by atoms with Gasteiger partial charge in [0.1, 0.15) is 0 Å². The van der Waals surface area contributed by atoms with Crippen LogP contribution in [0.5, 0.6) is 0 Å². The lowest BCUT2D eigenvalue weighted by Gasteiger charge is -2.17. The van der Waals surface area contributed by atoms with Crippen LogP contribution in [0.15, 0.2) is 49.1 Å². The third-order valence-electron chi connectivity index (χ3n) is 3.51. The maximum atomic E-state index is 12.9. The van der Waals surface area contributed by atoms with Crippen LogP contribution in [0.4, 0.5) is 29.5 Å². The van der Waals surface area contributed by atoms with E-state index in [9.17, 15) is 18.0 Å². The van der Waals surface area contributed by atoms with Crippen molar-refractivity contribution >= 4 is 28.4 Å². The van der Waals surface area contributed by atoms with Gasteiger partial charge in [-0.2, -0.15) is 13.2 Å². The molecule has 0 unspecified atom stereocenters. The summed E-state index contributed by atoms with van der Waals surface area (Å²) in [7, 11) is 1.48. The van der Waals surface area contributed by atoms with Gasteiger partial charge in [-0.1, -0.05) is 0 Å². The van der Waals surface area contributed by atoms with Gasteiger partial charge in [0.15, 0.2) is 5.82 Å². The first-order valence-corrected chi connectivity index (χ1v) is 7.13. The Kier molecular flexibility index (Phi) is 4.22. The van der Waals surface area contributed by atoms with Gasteiger partial charge < -0.3 is 5.32 Å². The number of rotatable bonds is 2. The Morgan fingerprint density at radius 2 is 1.92 bits per heavy atom. The van der Waals surface area contributed by atoms with E-state index in [1.54, 1.807) is 0 Å². The molecule has 0 saturated carbocycles. The molecule has 9 heteroatoms. The van der Waals surface area contributed by atoms with Crippen molar-refractivity contribution in [1.82, 2.24) is 15.0 Å². The Bertz CT molecular complexity index is 915. The van der Waals surface area contributed by atoms with E-state index in [-0.39, 0.29) is 11.1 Å². The lowest BCUT2D eigenvalue weighted by atomic mass is 10.1. The van der Waals surface area contributed by atoms with E-state index >= 15 is 0 Å². The molecule has 128 valence electrons. The van der Waals surface area contributed by atoms with Gasteiger partial charge in [-0.25, -0.2) is 9.78 Å². The SMILES string of the molecule is CN(C(=O)Nc1ccnc2ccc(C(F)(F)F)cc12)c1cnccn1. The molecular weight excluding hydrogens is 335 g/mol. The number of hydrogen-bond acceptors (Lipinski definition) is 4. The maximum Gasteiger partial charge on any atom is 0.416 e. The van der Waals surface area contributed by atoms with E-state index in [2.05, 4.69) is 20.3 Å². The van der Waals surface area contributed by atoms with E-state index in [0.717, 1.165) is 12.1 Å². The number of benzene rings is 1. The number of aromatic nitrogens is 3. The summed E-state index contributed by atoms with van der Waals surface area (Å²) < 4.78 is 38.8. The number of hydrogen-bond donors (Lipinski definition) is 1. The topological polar surface area (TPSA) is 71.0 Å². The van der Waals surface area contributed by atoms with Crippen LogP contribution in [0.25, 0.3) is 10.9 Å². The highest BCUT2D eigenvalue weighted by Crippen LogP contribution is 2.33. The number of anilines is 2. The lowest BCUT2D eigenvalue weighted by Crippen LogP contribution is -2.31. The molecule has 25 heavy (non-hydrogen) atoms. The molecule has 0 saturated heterocycles. The smallest absolute Gasteiger partial charge is 0.307 e. The minimum Gasteiger partial charge on any atom is -0.307 e. The monoisotopic (exact) mass is 347 g/mol. The Hall–Kier alpha value is -3.23. The molecule has 2 aromatic heterocycles. The van der Waals surface area contributed by atoms with Gasteiger partial charge in [0.05, 0.1) is 23.0 Å². The fraction of sp³-hybridized carbons (Fsp3) is 0.125. The van der Waals surface area contributed by atoms with Gasteiger partial charge in [0.2, 0.25) is 0 Å². The molecule has 3 rings (SSSR count). The van der Waals surface area contributed by atoms with E-state index in [4.69, 9.17) is 0 Å². The normalized spacial score (nSPS) is 11.4. The molecule has 0 aliphatic carbocycles. The summed E-state index contributed by atoms with van der Waals surface area (Å²) in [5.41, 5.74) is -0.254. The van der Waals surface area contributed by atoms with Crippen molar-refractivity contribution in [3.63, 3.8) is 0 Å². The quantitative estimate of drug-likeness (QED) is 0.767. The summed E-state index contributed by atoms with van der Waals surface area (Å²) >= 11 is 0. The minimum atomic E-state index is -4.48. The van der Waals surface area contributed by atoms with Crippen molar-refractivity contribution in [1.29, 1.82) is 0 Å². The molecule has 1 N–H and O–H groups in total. The fourth-order valence-electron chi connectivity index (χ4n) is 2.20. The predicted molar refractivity (Wildman–Crippen MR) is 86.2 cm³/mol. The Morgan fingerprint density at radius 3 is 2.60 bits per heavy atom. The molecule has 3 aromatic rings. The predicted octanol–water partition coefficient (Wildman–Crippen LogP) is 3.71. The summed E-state index contributed by atoms with van der Waals surface area (Å²) in [6.07, 6.45) is 1.21. The molecule has 2 heterocycles. The molecule has 0 spiro atoms. The largest absolute Gasteiger partial charge is 0.416 e. The number of pyridine rings is 1. The first kappa shape index (κ1) is 16.6. The van der Waals surface area contributed by atoms with E-state index < -0.39 is 17.8 Å². The second-order valence-electron chi connectivity index (χ2n) is 5.14. The van der Waals surface area contributed by atoms with Crippen molar-refractivity contribution in [2.45, 2.75) is 6.18 Å². The summed E-state index contributed by atoms with van der Waals surface area (Å²) in [5.74, 6) is 0.300. The van der Waals surface area contributed by atoms with Gasteiger partial charge in [-0.05, 0) is 24.3 Å². The molecular formula is C16H12F3N5O. The van der Waals surface area contributed by atoms with Gasteiger partial charge in [0, 0.05) is 31.0 Å². The number of urea groups is 1. The molecule has 2 amide bonds. The number of nitrogens with one attached hydrogen (secondary N) is 1. The number of nitrogens with zero attached hydrogens (tertiary/aromatic N) is 4. The van der Waals surface area contributed by atoms with Crippen molar-refractivity contribution < 1.29 is 18.0 Å². The number of amides is 2. The highest BCUT2D eigenvalue weighted by Gasteiger charge is 2.30. The lowest BCUT2D eigenvalue weighted by molar-refractivity contribution is -0.137. The molecule has 0 aliphatic rings. The standard InChI is InChI=1S/C16H12F3N5O/c1-24(14-9-20-6-7-22-14)15(25)23-13-4-5-21-12-3-2-10(8-11(12)13)16(17,18)19/h2-9H,1H3,(H,21,23,25). The van der Waals surface area contributed by atoms with Crippen LogP contribution in [-0.2, 0) is 6.18 Å². The van der Waals surface area contributed by atoms with Gasteiger partial charge in [-0.3, -0.25) is 14.9 Å². The van der Waals surface area contributed by atoms with Crippen LogP contribution < -0.4 is 10.2 Å². The third kappa shape index (κ3) is 3.49. The van der Waals surface area contributed by atoms with Crippen molar-refractivity contribution in [2.75, 3.05) is 17.3 Å². The molecule has 1 aromatic carbocycles. The number of carbonyl (C=O) groups is 1. The Morgan fingerprint density at radius 1 is 1.12 bits per heavy atom. The van der Waals surface area contributed by atoms with Crippen molar-refractivity contribution in [3.8, 4) is 0 Å². The summed E-state index contributed by atoms with van der Waals surface area (Å²) in [6.45, 7) is 0. The fourth-order valence-corrected chi connectivity index (χ4v) is 2.20. The first-order valence-electron chi connectivity index (χ1n) is 7.13. The van der Waals surface area contributed by atoms with Crippen LogP contribution in [-0.4, -0.2) is 28.0 Å². The second-order valence-corrected chi connectivity index (χ2v) is 5.14. The van der Waals surface area contributed by atoms with Gasteiger partial charge >= 0.3 is 12.2 Å². The van der Waals surface area contributed by atoms with Gasteiger partial charge in [-0.15, -0.1) is 0 Å². The molecule has 0 atom stereocenters. The molecule has 0 aliphatic heterocycles. The molecule has 0 radical (unpaired) electrons. The van der Waals surface area contributed by atoms with Crippen LogP contribution >= 0.6 is 0 Å². The molecule has 0 bridgehead atoms. The summed E-state index contributed by atoms with van der Waals surface area (Å²) in [5, 5.41) is 2.77. The zero-order valence-electron chi connectivity index (χ0n) is 12.9. The Labute approximate surface area is 140 Å². The van der Waals surface area contributed by atoms with Crippen LogP contribution in [0.3, 0.4) is 0 Å². The van der Waals surface area contributed by atoms with Crippen molar-refractivity contribution in [3.05, 3.63) is 54.6 Å². The zero-order valence-corrected chi connectivity index (χ0v) is 12.9. The van der Waals surface area contributed by atoms with E-state index in [1.807, 2.05) is 0 Å². The maximum absolute atomic E-state index is 12.9. The van der Waals surface area contributed by atoms with E-state index in [1.165, 1.54) is 48.9 Å². The molecule has 6 nitrogen and oxygen atoms in total. The average Bonchev–Trinajstić information content (AvgIpc) is 2.61. The van der Waals surface area contributed by atoms with Gasteiger partial charge in [0.25, 0.3) is 0 Å². The highest BCUT2D eigenvalue weighted by molar-refractivity contribution is 6.06. The number of fused-ring (bicyclic) bond motifs is 1. The average molecular weight is 347 g/mol.